The zero-order chi connectivity index (χ0) is 25.8. The van der Waals surface area contributed by atoms with E-state index >= 15 is 0 Å². The molecule has 3 unspecified atom stereocenters. The van der Waals surface area contributed by atoms with Gasteiger partial charge in [0.1, 0.15) is 17.3 Å². The predicted octanol–water partition coefficient (Wildman–Crippen LogP) is 5.16. The number of fused-ring (bicyclic) bond motifs is 1. The number of aromatic nitrogens is 1. The third kappa shape index (κ3) is 5.05. The van der Waals surface area contributed by atoms with Crippen LogP contribution in [0.4, 0.5) is 4.39 Å². The minimum absolute atomic E-state index is 0.0908. The standard InChI is InChI=1S/C27H29FN2O6/c1-3-6-18(19-7-4-5-8-23(19)35-2)21-13-16(11-12-30(21)22(27(33)34)15-25(31)32)26-20-10-9-17(28)14-24(20)36-29-26/h4-5,7-10,14-16,18,21H,3,6,11-13H2,1-2H3,(H,31,32)(H,33,34)/b22-15+. The number of piperidine rings is 1. The van der Waals surface area contributed by atoms with Crippen molar-refractivity contribution in [2.24, 2.45) is 0 Å². The van der Waals surface area contributed by atoms with Crippen LogP contribution in [0.2, 0.25) is 0 Å². The summed E-state index contributed by atoms with van der Waals surface area (Å²) in [7, 11) is 1.59. The lowest BCUT2D eigenvalue weighted by Crippen LogP contribution is -2.46. The number of rotatable bonds is 9. The zero-order valence-corrected chi connectivity index (χ0v) is 20.2. The number of halogens is 1. The number of ether oxygens (including phenoxy) is 1. The van der Waals surface area contributed by atoms with Gasteiger partial charge < -0.3 is 24.4 Å². The van der Waals surface area contributed by atoms with Gasteiger partial charge in [0.2, 0.25) is 0 Å². The molecule has 1 fully saturated rings. The first-order valence-electron chi connectivity index (χ1n) is 12.0. The van der Waals surface area contributed by atoms with Crippen molar-refractivity contribution < 1.29 is 33.5 Å². The lowest BCUT2D eigenvalue weighted by Gasteiger charge is -2.44. The van der Waals surface area contributed by atoms with E-state index in [1.165, 1.54) is 12.1 Å². The molecule has 2 aromatic carbocycles. The third-order valence-corrected chi connectivity index (χ3v) is 6.88. The molecule has 8 nitrogen and oxygen atoms in total. The molecule has 1 saturated heterocycles. The first-order chi connectivity index (χ1) is 17.3. The first-order valence-corrected chi connectivity index (χ1v) is 12.0. The van der Waals surface area contributed by atoms with Crippen LogP contribution in [0.25, 0.3) is 11.0 Å². The van der Waals surface area contributed by atoms with E-state index in [0.717, 1.165) is 29.9 Å². The molecule has 0 aliphatic carbocycles. The van der Waals surface area contributed by atoms with Crippen LogP contribution in [0.15, 0.2) is 58.8 Å². The SMILES string of the molecule is CCCC(c1ccccc1OC)C1CC(c2noc3cc(F)ccc23)CCN1/C(=C/C(=O)O)C(=O)O. The summed E-state index contributed by atoms with van der Waals surface area (Å²) in [5.41, 5.74) is 1.73. The smallest absolute Gasteiger partial charge is 0.352 e. The normalized spacial score (nSPS) is 19.3. The summed E-state index contributed by atoms with van der Waals surface area (Å²) >= 11 is 0. The molecule has 1 aromatic heterocycles. The van der Waals surface area contributed by atoms with E-state index in [0.29, 0.717) is 36.4 Å². The molecular weight excluding hydrogens is 467 g/mol. The lowest BCUT2D eigenvalue weighted by molar-refractivity contribution is -0.137. The molecule has 36 heavy (non-hydrogen) atoms. The Morgan fingerprint density at radius 2 is 2.06 bits per heavy atom. The van der Waals surface area contributed by atoms with Crippen molar-refractivity contribution in [1.29, 1.82) is 0 Å². The van der Waals surface area contributed by atoms with Gasteiger partial charge >= 0.3 is 11.9 Å². The second-order valence-electron chi connectivity index (χ2n) is 9.00. The second kappa shape index (κ2) is 10.8. The van der Waals surface area contributed by atoms with E-state index in [4.69, 9.17) is 9.26 Å². The molecule has 0 spiro atoms. The van der Waals surface area contributed by atoms with Crippen LogP contribution in [0.3, 0.4) is 0 Å². The zero-order valence-electron chi connectivity index (χ0n) is 20.2. The number of para-hydroxylation sites is 1. The maximum atomic E-state index is 13.7. The van der Waals surface area contributed by atoms with Crippen molar-refractivity contribution in [3.05, 3.63) is 71.3 Å². The molecule has 2 heterocycles. The maximum Gasteiger partial charge on any atom is 0.352 e. The highest BCUT2D eigenvalue weighted by atomic mass is 19.1. The van der Waals surface area contributed by atoms with E-state index in [-0.39, 0.29) is 23.6 Å². The molecule has 1 aliphatic rings. The summed E-state index contributed by atoms with van der Waals surface area (Å²) < 4.78 is 24.7. The molecular formula is C27H29FN2O6. The van der Waals surface area contributed by atoms with Crippen LogP contribution in [0.1, 0.15) is 55.7 Å². The molecule has 3 atom stereocenters. The first kappa shape index (κ1) is 25.2. The number of aliphatic carboxylic acids is 2. The van der Waals surface area contributed by atoms with Crippen LogP contribution in [0.5, 0.6) is 5.75 Å². The summed E-state index contributed by atoms with van der Waals surface area (Å²) in [6.45, 7) is 2.36. The van der Waals surface area contributed by atoms with Crippen molar-refractivity contribution >= 4 is 22.9 Å². The fraction of sp³-hybridized carbons (Fsp3) is 0.370. The molecule has 1 aliphatic heterocycles. The van der Waals surface area contributed by atoms with Gasteiger partial charge in [0.25, 0.3) is 0 Å². The molecule has 0 bridgehead atoms. The maximum absolute atomic E-state index is 13.7. The van der Waals surface area contributed by atoms with E-state index in [1.54, 1.807) is 18.1 Å². The van der Waals surface area contributed by atoms with Crippen molar-refractivity contribution in [2.45, 2.75) is 50.5 Å². The molecule has 0 radical (unpaired) electrons. The van der Waals surface area contributed by atoms with Crippen molar-refractivity contribution in [3.63, 3.8) is 0 Å². The van der Waals surface area contributed by atoms with E-state index < -0.39 is 17.8 Å². The van der Waals surface area contributed by atoms with Crippen LogP contribution < -0.4 is 4.74 Å². The molecule has 0 saturated carbocycles. The van der Waals surface area contributed by atoms with Gasteiger partial charge in [0, 0.05) is 35.9 Å². The van der Waals surface area contributed by atoms with Gasteiger partial charge in [-0.3, -0.25) is 0 Å². The van der Waals surface area contributed by atoms with Crippen molar-refractivity contribution in [1.82, 2.24) is 10.1 Å². The number of nitrogens with zero attached hydrogens (tertiary/aromatic N) is 2. The Labute approximate surface area is 207 Å². The fourth-order valence-corrected chi connectivity index (χ4v) is 5.37. The summed E-state index contributed by atoms with van der Waals surface area (Å²) in [5, 5.41) is 24.3. The Morgan fingerprint density at radius 1 is 1.28 bits per heavy atom. The van der Waals surface area contributed by atoms with Gasteiger partial charge in [0.15, 0.2) is 5.58 Å². The number of carboxylic acid groups (broad SMARTS) is 2. The number of hydrogen-bond donors (Lipinski definition) is 2. The van der Waals surface area contributed by atoms with Gasteiger partial charge in [0.05, 0.1) is 18.9 Å². The number of carbonyl (C=O) groups is 2. The highest BCUT2D eigenvalue weighted by molar-refractivity contribution is 5.94. The molecule has 0 amide bonds. The molecule has 4 rings (SSSR count). The van der Waals surface area contributed by atoms with Crippen molar-refractivity contribution in [2.75, 3.05) is 13.7 Å². The lowest BCUT2D eigenvalue weighted by atomic mass is 9.77. The highest BCUT2D eigenvalue weighted by Crippen LogP contribution is 2.44. The summed E-state index contributed by atoms with van der Waals surface area (Å²) in [6.07, 6.45) is 3.36. The Kier molecular flexibility index (Phi) is 7.57. The average Bonchev–Trinajstić information content (AvgIpc) is 3.28. The van der Waals surface area contributed by atoms with Crippen LogP contribution in [-0.2, 0) is 9.59 Å². The average molecular weight is 497 g/mol. The van der Waals surface area contributed by atoms with Gasteiger partial charge in [-0.25, -0.2) is 14.0 Å². The van der Waals surface area contributed by atoms with Gasteiger partial charge in [-0.05, 0) is 43.0 Å². The van der Waals surface area contributed by atoms with Crippen LogP contribution >= 0.6 is 0 Å². The number of carboxylic acids is 2. The largest absolute Gasteiger partial charge is 0.496 e. The number of likely N-dealkylation sites (tertiary alicyclic amines) is 1. The number of hydrogen-bond acceptors (Lipinski definition) is 6. The van der Waals surface area contributed by atoms with Gasteiger partial charge in [-0.1, -0.05) is 36.7 Å². The third-order valence-electron chi connectivity index (χ3n) is 6.88. The molecule has 190 valence electrons. The Bertz CT molecular complexity index is 1290. The van der Waals surface area contributed by atoms with Gasteiger partial charge in [-0.2, -0.15) is 0 Å². The van der Waals surface area contributed by atoms with E-state index in [2.05, 4.69) is 12.1 Å². The monoisotopic (exact) mass is 496 g/mol. The minimum Gasteiger partial charge on any atom is -0.496 e. The Hall–Kier alpha value is -3.88. The van der Waals surface area contributed by atoms with E-state index in [1.807, 2.05) is 24.3 Å². The molecule has 2 N–H and O–H groups in total. The Balaban J connectivity index is 1.81. The van der Waals surface area contributed by atoms with Crippen LogP contribution in [0, 0.1) is 5.82 Å². The van der Waals surface area contributed by atoms with Crippen molar-refractivity contribution in [3.8, 4) is 5.75 Å². The second-order valence-corrected chi connectivity index (χ2v) is 9.00. The van der Waals surface area contributed by atoms with Gasteiger partial charge in [-0.15, -0.1) is 0 Å². The topological polar surface area (TPSA) is 113 Å². The molecule has 3 aromatic rings. The quantitative estimate of drug-likeness (QED) is 0.391. The minimum atomic E-state index is -1.32. The van der Waals surface area contributed by atoms with Crippen LogP contribution in [-0.4, -0.2) is 51.9 Å². The highest BCUT2D eigenvalue weighted by Gasteiger charge is 2.40. The summed E-state index contributed by atoms with van der Waals surface area (Å²) in [6, 6.07) is 11.6. The summed E-state index contributed by atoms with van der Waals surface area (Å²) in [4.78, 5) is 25.4. The summed E-state index contributed by atoms with van der Waals surface area (Å²) in [5.74, 6) is -2.56. The number of benzene rings is 2. The number of methoxy groups -OCH3 is 1. The fourth-order valence-electron chi connectivity index (χ4n) is 5.37. The van der Waals surface area contributed by atoms with E-state index in [9.17, 15) is 24.2 Å². The molecule has 9 heteroatoms. The Morgan fingerprint density at radius 3 is 2.75 bits per heavy atom. The predicted molar refractivity (Wildman–Crippen MR) is 130 cm³/mol.